The van der Waals surface area contributed by atoms with E-state index in [0.29, 0.717) is 22.9 Å². The Balaban J connectivity index is 1.74. The molecular weight excluding hydrogens is 328 g/mol. The van der Waals surface area contributed by atoms with Gasteiger partial charge in [-0.3, -0.25) is 0 Å². The zero-order valence-corrected chi connectivity index (χ0v) is 15.2. The molecule has 0 amide bonds. The molecule has 1 N–H and O–H groups in total. The summed E-state index contributed by atoms with van der Waals surface area (Å²) in [6.45, 7) is 7.69. The molecule has 1 aromatic carbocycles. The van der Waals surface area contributed by atoms with Crippen LogP contribution >= 0.6 is 0 Å². The molecule has 2 aromatic heterocycles. The van der Waals surface area contributed by atoms with Gasteiger partial charge in [0.1, 0.15) is 0 Å². The van der Waals surface area contributed by atoms with Crippen LogP contribution in [0.25, 0.3) is 11.2 Å². The number of aryl methyl sites for hydroxylation is 1. The molecule has 2 atom stereocenters. The predicted octanol–water partition coefficient (Wildman–Crippen LogP) is 3.09. The molecule has 3 aromatic rings. The van der Waals surface area contributed by atoms with E-state index in [-0.39, 0.29) is 12.2 Å². The lowest BCUT2D eigenvalue weighted by molar-refractivity contribution is -0.00569. The van der Waals surface area contributed by atoms with E-state index in [1.807, 2.05) is 12.1 Å². The van der Waals surface area contributed by atoms with Crippen LogP contribution in [-0.2, 0) is 4.74 Å². The highest BCUT2D eigenvalue weighted by molar-refractivity contribution is 5.85. The van der Waals surface area contributed by atoms with Crippen molar-refractivity contribution in [3.8, 4) is 0 Å². The summed E-state index contributed by atoms with van der Waals surface area (Å²) < 4.78 is 5.82. The summed E-state index contributed by atoms with van der Waals surface area (Å²) in [5.41, 5.74) is 3.40. The third-order valence-corrected chi connectivity index (χ3v) is 4.34. The Morgan fingerprint density at radius 3 is 2.42 bits per heavy atom. The first kappa shape index (κ1) is 16.7. The lowest BCUT2D eigenvalue weighted by Crippen LogP contribution is -2.46. The Morgan fingerprint density at radius 1 is 1.00 bits per heavy atom. The summed E-state index contributed by atoms with van der Waals surface area (Å²) >= 11 is 0. The monoisotopic (exact) mass is 350 g/mol. The number of anilines is 3. The van der Waals surface area contributed by atoms with E-state index >= 15 is 0 Å². The second kappa shape index (κ2) is 6.84. The number of morpholine rings is 1. The summed E-state index contributed by atoms with van der Waals surface area (Å²) in [7, 11) is 0. The van der Waals surface area contributed by atoms with Gasteiger partial charge in [-0.2, -0.15) is 9.97 Å². The van der Waals surface area contributed by atoms with Crippen molar-refractivity contribution in [3.05, 3.63) is 42.2 Å². The van der Waals surface area contributed by atoms with Crippen molar-refractivity contribution in [3.63, 3.8) is 0 Å². The molecule has 7 nitrogen and oxygen atoms in total. The van der Waals surface area contributed by atoms with E-state index in [1.54, 1.807) is 12.4 Å². The maximum absolute atomic E-state index is 5.82. The van der Waals surface area contributed by atoms with Gasteiger partial charge in [0.2, 0.25) is 5.95 Å². The van der Waals surface area contributed by atoms with Crippen LogP contribution < -0.4 is 10.2 Å². The van der Waals surface area contributed by atoms with Gasteiger partial charge in [-0.15, -0.1) is 0 Å². The fraction of sp³-hybridized carbons (Fsp3) is 0.368. The smallest absolute Gasteiger partial charge is 0.229 e. The first-order valence-corrected chi connectivity index (χ1v) is 8.81. The molecule has 134 valence electrons. The number of ether oxygens (including phenoxy) is 1. The molecule has 1 aliphatic heterocycles. The Morgan fingerprint density at radius 2 is 1.69 bits per heavy atom. The molecule has 26 heavy (non-hydrogen) atoms. The summed E-state index contributed by atoms with van der Waals surface area (Å²) in [6.07, 6.45) is 3.58. The van der Waals surface area contributed by atoms with E-state index in [2.05, 4.69) is 58.1 Å². The van der Waals surface area contributed by atoms with Gasteiger partial charge in [0.05, 0.1) is 12.2 Å². The molecule has 0 saturated carbocycles. The van der Waals surface area contributed by atoms with Crippen molar-refractivity contribution in [1.82, 2.24) is 19.9 Å². The molecule has 0 spiro atoms. The van der Waals surface area contributed by atoms with Crippen molar-refractivity contribution >= 4 is 28.6 Å². The molecule has 0 aliphatic carbocycles. The van der Waals surface area contributed by atoms with Crippen molar-refractivity contribution in [2.75, 3.05) is 23.3 Å². The summed E-state index contributed by atoms with van der Waals surface area (Å²) in [6, 6.07) is 8.17. The van der Waals surface area contributed by atoms with Gasteiger partial charge in [-0.25, -0.2) is 9.97 Å². The predicted molar refractivity (Wildman–Crippen MR) is 102 cm³/mol. The van der Waals surface area contributed by atoms with Crippen LogP contribution in [0.3, 0.4) is 0 Å². The molecule has 0 radical (unpaired) electrons. The van der Waals surface area contributed by atoms with Crippen molar-refractivity contribution < 1.29 is 4.74 Å². The zero-order chi connectivity index (χ0) is 18.1. The molecule has 4 rings (SSSR count). The minimum atomic E-state index is 0.133. The number of rotatable bonds is 3. The average Bonchev–Trinajstić information content (AvgIpc) is 2.63. The summed E-state index contributed by atoms with van der Waals surface area (Å²) in [5.74, 6) is 1.31. The minimum absolute atomic E-state index is 0.133. The van der Waals surface area contributed by atoms with Gasteiger partial charge < -0.3 is 15.0 Å². The van der Waals surface area contributed by atoms with Gasteiger partial charge in [0.25, 0.3) is 0 Å². The average molecular weight is 350 g/mol. The van der Waals surface area contributed by atoms with Crippen LogP contribution in [0.2, 0.25) is 0 Å². The molecule has 2 unspecified atom stereocenters. The van der Waals surface area contributed by atoms with Crippen LogP contribution in [-0.4, -0.2) is 45.2 Å². The number of fused-ring (bicyclic) bond motifs is 1. The first-order valence-electron chi connectivity index (χ1n) is 8.81. The zero-order valence-electron chi connectivity index (χ0n) is 15.2. The number of hydrogen-bond acceptors (Lipinski definition) is 7. The van der Waals surface area contributed by atoms with Gasteiger partial charge in [0.15, 0.2) is 17.0 Å². The van der Waals surface area contributed by atoms with E-state index in [9.17, 15) is 0 Å². The topological polar surface area (TPSA) is 76.1 Å². The number of nitrogens with zero attached hydrogens (tertiary/aromatic N) is 5. The molecule has 1 aliphatic rings. The molecule has 3 heterocycles. The number of aromatic nitrogens is 4. The minimum Gasteiger partial charge on any atom is -0.372 e. The summed E-state index contributed by atoms with van der Waals surface area (Å²) in [4.78, 5) is 20.3. The molecule has 7 heteroatoms. The van der Waals surface area contributed by atoms with Crippen molar-refractivity contribution in [2.24, 2.45) is 0 Å². The van der Waals surface area contributed by atoms with E-state index < -0.39 is 0 Å². The largest absolute Gasteiger partial charge is 0.372 e. The van der Waals surface area contributed by atoms with Crippen LogP contribution in [0.5, 0.6) is 0 Å². The highest BCUT2D eigenvalue weighted by Gasteiger charge is 2.25. The second-order valence-corrected chi connectivity index (χ2v) is 6.75. The fourth-order valence-corrected chi connectivity index (χ4v) is 3.20. The maximum atomic E-state index is 5.82. The Kier molecular flexibility index (Phi) is 4.38. The summed E-state index contributed by atoms with van der Waals surface area (Å²) in [5, 5.41) is 3.36. The number of benzene rings is 1. The third-order valence-electron chi connectivity index (χ3n) is 4.34. The Hall–Kier alpha value is -2.80. The number of hydrogen-bond donors (Lipinski definition) is 1. The van der Waals surface area contributed by atoms with E-state index in [1.165, 1.54) is 5.56 Å². The quantitative estimate of drug-likeness (QED) is 0.778. The van der Waals surface area contributed by atoms with Crippen LogP contribution in [0.15, 0.2) is 36.7 Å². The normalized spacial score (nSPS) is 20.3. The van der Waals surface area contributed by atoms with Crippen LogP contribution in [0, 0.1) is 6.92 Å². The standard InChI is InChI=1S/C19H22N6O/c1-12-4-6-15(7-5-12)22-18-16-17(21-9-8-20-16)23-19(24-18)25-10-13(2)26-14(3)11-25/h4-9,13-14H,10-11H2,1-3H3,(H,21,22,23,24). The SMILES string of the molecule is Cc1ccc(Nc2nc(N3CC(C)OC(C)C3)nc3nccnc23)cc1. The lowest BCUT2D eigenvalue weighted by atomic mass is 10.2. The highest BCUT2D eigenvalue weighted by Crippen LogP contribution is 2.25. The molecule has 1 fully saturated rings. The number of nitrogens with one attached hydrogen (secondary N) is 1. The van der Waals surface area contributed by atoms with E-state index in [4.69, 9.17) is 9.72 Å². The molecule has 0 bridgehead atoms. The fourth-order valence-electron chi connectivity index (χ4n) is 3.20. The first-order chi connectivity index (χ1) is 12.6. The van der Waals surface area contributed by atoms with Crippen LogP contribution in [0.1, 0.15) is 19.4 Å². The van der Waals surface area contributed by atoms with E-state index in [0.717, 1.165) is 18.8 Å². The highest BCUT2D eigenvalue weighted by atomic mass is 16.5. The lowest BCUT2D eigenvalue weighted by Gasteiger charge is -2.35. The molecule has 1 saturated heterocycles. The Bertz CT molecular complexity index is 904. The molecular formula is C19H22N6O. The van der Waals surface area contributed by atoms with Crippen molar-refractivity contribution in [1.29, 1.82) is 0 Å². The van der Waals surface area contributed by atoms with Gasteiger partial charge in [-0.05, 0) is 32.9 Å². The van der Waals surface area contributed by atoms with Gasteiger partial charge in [0, 0.05) is 31.2 Å². The van der Waals surface area contributed by atoms with Gasteiger partial charge >= 0.3 is 0 Å². The maximum Gasteiger partial charge on any atom is 0.229 e. The van der Waals surface area contributed by atoms with Crippen LogP contribution in [0.4, 0.5) is 17.5 Å². The van der Waals surface area contributed by atoms with Gasteiger partial charge in [-0.1, -0.05) is 17.7 Å². The Labute approximate surface area is 152 Å². The third kappa shape index (κ3) is 3.43. The second-order valence-electron chi connectivity index (χ2n) is 6.75. The van der Waals surface area contributed by atoms with Crippen molar-refractivity contribution in [2.45, 2.75) is 33.0 Å².